The fraction of sp³-hybridized carbons (Fsp3) is 0.588. The highest BCUT2D eigenvalue weighted by atomic mass is 32.2. The van der Waals surface area contributed by atoms with Crippen LogP contribution in [-0.2, 0) is 4.79 Å². The number of nitrogens with one attached hydrogen (secondary N) is 1. The first-order chi connectivity index (χ1) is 10.2. The van der Waals surface area contributed by atoms with E-state index in [1.54, 1.807) is 11.8 Å². The SMILES string of the molecule is CCCCC1NC(c2cccc(C)c2)N(CCSC)C1=O. The Morgan fingerprint density at radius 3 is 2.86 bits per heavy atom. The van der Waals surface area contributed by atoms with Gasteiger partial charge in [0.25, 0.3) is 0 Å². The Labute approximate surface area is 132 Å². The van der Waals surface area contributed by atoms with E-state index >= 15 is 0 Å². The Balaban J connectivity index is 2.17. The molecule has 1 fully saturated rings. The Morgan fingerprint density at radius 2 is 2.19 bits per heavy atom. The fourth-order valence-corrected chi connectivity index (χ4v) is 3.22. The van der Waals surface area contributed by atoms with Crippen molar-refractivity contribution in [1.82, 2.24) is 10.2 Å². The largest absolute Gasteiger partial charge is 0.321 e. The summed E-state index contributed by atoms with van der Waals surface area (Å²) in [4.78, 5) is 14.7. The van der Waals surface area contributed by atoms with Crippen LogP contribution in [0.5, 0.6) is 0 Å². The highest BCUT2D eigenvalue weighted by molar-refractivity contribution is 7.98. The van der Waals surface area contributed by atoms with Gasteiger partial charge in [-0.25, -0.2) is 0 Å². The molecule has 3 nitrogen and oxygen atoms in total. The summed E-state index contributed by atoms with van der Waals surface area (Å²) in [7, 11) is 0. The standard InChI is InChI=1S/C17H26N2OS/c1-4-5-9-15-17(20)19(10-11-21-3)16(18-15)14-8-6-7-13(2)12-14/h6-8,12,15-16,18H,4-5,9-11H2,1-3H3. The summed E-state index contributed by atoms with van der Waals surface area (Å²) in [5.74, 6) is 1.25. The van der Waals surface area contributed by atoms with Crippen LogP contribution >= 0.6 is 11.8 Å². The second-order valence-corrected chi connectivity index (χ2v) is 6.69. The molecule has 1 amide bonds. The minimum atomic E-state index is -0.0164. The third-order valence-corrected chi connectivity index (χ3v) is 4.58. The van der Waals surface area contributed by atoms with Crippen molar-refractivity contribution in [2.24, 2.45) is 0 Å². The molecule has 0 aliphatic carbocycles. The second kappa shape index (κ2) is 7.85. The van der Waals surface area contributed by atoms with Crippen molar-refractivity contribution in [3.8, 4) is 0 Å². The summed E-state index contributed by atoms with van der Waals surface area (Å²) < 4.78 is 0. The Kier molecular flexibility index (Phi) is 6.12. The molecule has 21 heavy (non-hydrogen) atoms. The minimum Gasteiger partial charge on any atom is -0.321 e. The number of benzene rings is 1. The van der Waals surface area contributed by atoms with Gasteiger partial charge in [-0.3, -0.25) is 10.1 Å². The van der Waals surface area contributed by atoms with E-state index in [2.05, 4.69) is 49.7 Å². The van der Waals surface area contributed by atoms with Gasteiger partial charge in [0.1, 0.15) is 6.17 Å². The van der Waals surface area contributed by atoms with Crippen LogP contribution in [0.4, 0.5) is 0 Å². The molecule has 0 spiro atoms. The molecule has 2 unspecified atom stereocenters. The number of nitrogens with zero attached hydrogens (tertiary/aromatic N) is 1. The lowest BCUT2D eigenvalue weighted by atomic mass is 10.1. The highest BCUT2D eigenvalue weighted by Crippen LogP contribution is 2.27. The molecule has 2 rings (SSSR count). The minimum absolute atomic E-state index is 0.0164. The van der Waals surface area contributed by atoms with E-state index in [0.29, 0.717) is 0 Å². The molecule has 1 aliphatic heterocycles. The third kappa shape index (κ3) is 4.01. The summed E-state index contributed by atoms with van der Waals surface area (Å²) in [5, 5.41) is 3.55. The topological polar surface area (TPSA) is 32.3 Å². The average molecular weight is 306 g/mol. The average Bonchev–Trinajstić information content (AvgIpc) is 2.79. The van der Waals surface area contributed by atoms with E-state index in [0.717, 1.165) is 31.6 Å². The lowest BCUT2D eigenvalue weighted by Gasteiger charge is -2.24. The van der Waals surface area contributed by atoms with Gasteiger partial charge < -0.3 is 4.90 Å². The molecular weight excluding hydrogens is 280 g/mol. The van der Waals surface area contributed by atoms with Gasteiger partial charge in [0.2, 0.25) is 5.91 Å². The van der Waals surface area contributed by atoms with Crippen LogP contribution in [0.15, 0.2) is 24.3 Å². The van der Waals surface area contributed by atoms with Crippen LogP contribution in [0.2, 0.25) is 0 Å². The molecule has 1 N–H and O–H groups in total. The Morgan fingerprint density at radius 1 is 1.38 bits per heavy atom. The lowest BCUT2D eigenvalue weighted by molar-refractivity contribution is -0.130. The summed E-state index contributed by atoms with van der Waals surface area (Å²) >= 11 is 1.79. The first-order valence-corrected chi connectivity index (χ1v) is 9.18. The zero-order valence-electron chi connectivity index (χ0n) is 13.3. The maximum absolute atomic E-state index is 12.6. The maximum atomic E-state index is 12.6. The summed E-state index contributed by atoms with van der Waals surface area (Å²) in [6.45, 7) is 5.08. The number of hydrogen-bond donors (Lipinski definition) is 1. The first-order valence-electron chi connectivity index (χ1n) is 7.79. The van der Waals surface area contributed by atoms with E-state index in [-0.39, 0.29) is 18.1 Å². The maximum Gasteiger partial charge on any atom is 0.241 e. The van der Waals surface area contributed by atoms with E-state index in [9.17, 15) is 4.79 Å². The van der Waals surface area contributed by atoms with Crippen molar-refractivity contribution in [2.75, 3.05) is 18.6 Å². The van der Waals surface area contributed by atoms with Crippen LogP contribution in [0.3, 0.4) is 0 Å². The van der Waals surface area contributed by atoms with Gasteiger partial charge in [-0.1, -0.05) is 49.6 Å². The number of unbranched alkanes of at least 4 members (excludes halogenated alkanes) is 1. The van der Waals surface area contributed by atoms with E-state index < -0.39 is 0 Å². The Bertz CT molecular complexity index is 478. The summed E-state index contributed by atoms with van der Waals surface area (Å²) in [6, 6.07) is 8.45. The first kappa shape index (κ1) is 16.4. The normalized spacial score (nSPS) is 22.0. The van der Waals surface area contributed by atoms with Gasteiger partial charge >= 0.3 is 0 Å². The summed E-state index contributed by atoms with van der Waals surface area (Å²) in [6.07, 6.45) is 5.29. The number of aryl methyl sites for hydroxylation is 1. The molecule has 0 bridgehead atoms. The second-order valence-electron chi connectivity index (χ2n) is 5.70. The van der Waals surface area contributed by atoms with E-state index in [1.165, 1.54) is 11.1 Å². The number of hydrogen-bond acceptors (Lipinski definition) is 3. The zero-order chi connectivity index (χ0) is 15.2. The molecule has 1 aromatic carbocycles. The van der Waals surface area contributed by atoms with Crippen molar-refractivity contribution in [1.29, 1.82) is 0 Å². The molecule has 1 aromatic rings. The monoisotopic (exact) mass is 306 g/mol. The van der Waals surface area contributed by atoms with Crippen LogP contribution in [0, 0.1) is 6.92 Å². The van der Waals surface area contributed by atoms with Gasteiger partial charge in [0.15, 0.2) is 0 Å². The predicted molar refractivity (Wildman–Crippen MR) is 90.5 cm³/mol. The van der Waals surface area contributed by atoms with E-state index in [1.807, 2.05) is 4.90 Å². The molecule has 4 heteroatoms. The molecule has 1 saturated heterocycles. The Hall–Kier alpha value is -1.00. The van der Waals surface area contributed by atoms with Crippen molar-refractivity contribution >= 4 is 17.7 Å². The van der Waals surface area contributed by atoms with Crippen LogP contribution in [-0.4, -0.2) is 35.4 Å². The van der Waals surface area contributed by atoms with Crippen molar-refractivity contribution in [3.63, 3.8) is 0 Å². The zero-order valence-corrected chi connectivity index (χ0v) is 14.1. The number of thioether (sulfide) groups is 1. The van der Waals surface area contributed by atoms with Crippen molar-refractivity contribution in [3.05, 3.63) is 35.4 Å². The molecule has 116 valence electrons. The number of rotatable bonds is 7. The van der Waals surface area contributed by atoms with Gasteiger partial charge in [-0.05, 0) is 25.2 Å². The van der Waals surface area contributed by atoms with Crippen molar-refractivity contribution in [2.45, 2.75) is 45.3 Å². The van der Waals surface area contributed by atoms with Crippen molar-refractivity contribution < 1.29 is 4.79 Å². The molecule has 0 saturated carbocycles. The van der Waals surface area contributed by atoms with Gasteiger partial charge in [0, 0.05) is 12.3 Å². The summed E-state index contributed by atoms with van der Waals surface area (Å²) in [5.41, 5.74) is 2.44. The highest BCUT2D eigenvalue weighted by Gasteiger charge is 2.38. The van der Waals surface area contributed by atoms with Gasteiger partial charge in [-0.15, -0.1) is 0 Å². The smallest absolute Gasteiger partial charge is 0.241 e. The fourth-order valence-electron chi connectivity index (χ4n) is 2.84. The van der Waals surface area contributed by atoms with Crippen LogP contribution in [0.1, 0.15) is 43.5 Å². The van der Waals surface area contributed by atoms with E-state index in [4.69, 9.17) is 0 Å². The van der Waals surface area contributed by atoms with Gasteiger partial charge in [-0.2, -0.15) is 11.8 Å². The third-order valence-electron chi connectivity index (χ3n) is 3.99. The van der Waals surface area contributed by atoms with Crippen LogP contribution < -0.4 is 5.32 Å². The molecule has 1 aliphatic rings. The molecule has 1 heterocycles. The molecule has 0 aromatic heterocycles. The predicted octanol–water partition coefficient (Wildman–Crippen LogP) is 3.35. The molecule has 2 atom stereocenters. The number of carbonyl (C=O) groups is 1. The lowest BCUT2D eigenvalue weighted by Crippen LogP contribution is -2.33. The van der Waals surface area contributed by atoms with Gasteiger partial charge in [0.05, 0.1) is 6.04 Å². The molecular formula is C17H26N2OS. The number of amides is 1. The number of carbonyl (C=O) groups excluding carboxylic acids is 1. The molecule has 0 radical (unpaired) electrons. The van der Waals surface area contributed by atoms with Crippen LogP contribution in [0.25, 0.3) is 0 Å². The quantitative estimate of drug-likeness (QED) is 0.838.